The Hall–Kier alpha value is -1.99. The molecule has 0 aromatic carbocycles. The van der Waals surface area contributed by atoms with Gasteiger partial charge in [0.15, 0.2) is 11.7 Å². The first-order valence-electron chi connectivity index (χ1n) is 8.70. The molecular formula is C17H26F3N5. The fraction of sp³-hybridized carbons (Fsp3) is 0.647. The van der Waals surface area contributed by atoms with Gasteiger partial charge >= 0.3 is 6.18 Å². The fourth-order valence-electron chi connectivity index (χ4n) is 2.87. The van der Waals surface area contributed by atoms with Gasteiger partial charge in [0, 0.05) is 31.9 Å². The number of alkyl halides is 3. The highest BCUT2D eigenvalue weighted by Crippen LogP contribution is 2.30. The zero-order valence-electron chi connectivity index (χ0n) is 14.8. The largest absolute Gasteiger partial charge is 0.435 e. The number of aliphatic imine (C=N–C) groups is 1. The topological polar surface area (TPSA) is 54.2 Å². The smallest absolute Gasteiger partial charge is 0.357 e. The average molecular weight is 357 g/mol. The third-order valence-corrected chi connectivity index (χ3v) is 4.05. The third kappa shape index (κ3) is 6.10. The number of nitrogens with one attached hydrogen (secondary N) is 2. The Bertz CT molecular complexity index is 616. The maximum atomic E-state index is 13.0. The van der Waals surface area contributed by atoms with E-state index in [0.29, 0.717) is 12.5 Å². The summed E-state index contributed by atoms with van der Waals surface area (Å²) in [6.07, 6.45) is 4.90. The Balaban J connectivity index is 1.96. The van der Waals surface area contributed by atoms with Crippen molar-refractivity contribution in [3.63, 3.8) is 0 Å². The summed E-state index contributed by atoms with van der Waals surface area (Å²) in [5.74, 6) is 0.524. The van der Waals surface area contributed by atoms with Crippen molar-refractivity contribution in [1.29, 1.82) is 0 Å². The summed E-state index contributed by atoms with van der Waals surface area (Å²) >= 11 is 0. The molecule has 2 rings (SSSR count). The van der Waals surface area contributed by atoms with Gasteiger partial charge in [-0.2, -0.15) is 18.3 Å². The van der Waals surface area contributed by atoms with Gasteiger partial charge in [0.2, 0.25) is 0 Å². The summed E-state index contributed by atoms with van der Waals surface area (Å²) < 4.78 is 40.1. The summed E-state index contributed by atoms with van der Waals surface area (Å²) in [4.78, 5) is 4.28. The lowest BCUT2D eigenvalue weighted by Gasteiger charge is -2.15. The van der Waals surface area contributed by atoms with Crippen LogP contribution in [0, 0.1) is 0 Å². The summed E-state index contributed by atoms with van der Waals surface area (Å²) in [7, 11) is 1.48. The molecular weight excluding hydrogens is 331 g/mol. The summed E-state index contributed by atoms with van der Waals surface area (Å²) in [5, 5.41) is 9.76. The van der Waals surface area contributed by atoms with E-state index < -0.39 is 11.9 Å². The molecule has 8 heteroatoms. The Morgan fingerprint density at radius 3 is 2.76 bits per heavy atom. The second-order valence-corrected chi connectivity index (χ2v) is 6.15. The van der Waals surface area contributed by atoms with Gasteiger partial charge in [-0.05, 0) is 39.0 Å². The number of halogens is 3. The Morgan fingerprint density at radius 2 is 2.12 bits per heavy atom. The van der Waals surface area contributed by atoms with Crippen molar-refractivity contribution in [2.24, 2.45) is 12.0 Å². The summed E-state index contributed by atoms with van der Waals surface area (Å²) in [6.45, 7) is 3.22. The van der Waals surface area contributed by atoms with E-state index in [1.54, 1.807) is 0 Å². The van der Waals surface area contributed by atoms with Crippen LogP contribution in [0.15, 0.2) is 22.8 Å². The molecule has 0 aliphatic heterocycles. The molecule has 0 saturated carbocycles. The predicted octanol–water partition coefficient (Wildman–Crippen LogP) is 3.38. The molecule has 1 aromatic heterocycles. The van der Waals surface area contributed by atoms with Crippen LogP contribution in [0.4, 0.5) is 13.2 Å². The maximum Gasteiger partial charge on any atom is 0.435 e. The van der Waals surface area contributed by atoms with Gasteiger partial charge in [-0.1, -0.05) is 11.6 Å². The highest BCUT2D eigenvalue weighted by atomic mass is 19.4. The quantitative estimate of drug-likeness (QED) is 0.466. The number of aryl methyl sites for hydroxylation is 1. The summed E-state index contributed by atoms with van der Waals surface area (Å²) in [5.41, 5.74) is 0.644. The number of rotatable bonds is 6. The second-order valence-electron chi connectivity index (χ2n) is 6.15. The molecule has 0 unspecified atom stereocenters. The summed E-state index contributed by atoms with van der Waals surface area (Å²) in [6, 6.07) is 0. The molecule has 0 amide bonds. The van der Waals surface area contributed by atoms with Crippen molar-refractivity contribution in [3.05, 3.63) is 29.1 Å². The Labute approximate surface area is 146 Å². The molecule has 0 bridgehead atoms. The van der Waals surface area contributed by atoms with Crippen molar-refractivity contribution >= 4 is 5.96 Å². The van der Waals surface area contributed by atoms with E-state index in [1.807, 2.05) is 6.92 Å². The zero-order chi connectivity index (χ0) is 18.3. The molecule has 1 aliphatic carbocycles. The first-order valence-corrected chi connectivity index (χ1v) is 8.70. The van der Waals surface area contributed by atoms with Crippen molar-refractivity contribution in [1.82, 2.24) is 20.4 Å². The van der Waals surface area contributed by atoms with Gasteiger partial charge in [0.1, 0.15) is 0 Å². The van der Waals surface area contributed by atoms with E-state index >= 15 is 0 Å². The second kappa shape index (κ2) is 8.92. The predicted molar refractivity (Wildman–Crippen MR) is 92.2 cm³/mol. The van der Waals surface area contributed by atoms with Gasteiger partial charge in [-0.3, -0.25) is 4.68 Å². The van der Waals surface area contributed by atoms with Crippen LogP contribution in [0.5, 0.6) is 0 Å². The lowest BCUT2D eigenvalue weighted by atomic mass is 9.97. The van der Waals surface area contributed by atoms with E-state index in [4.69, 9.17) is 0 Å². The number of hydrogen-bond acceptors (Lipinski definition) is 2. The molecule has 0 atom stereocenters. The third-order valence-electron chi connectivity index (χ3n) is 4.05. The zero-order valence-corrected chi connectivity index (χ0v) is 14.8. The first kappa shape index (κ1) is 19.3. The lowest BCUT2D eigenvalue weighted by Crippen LogP contribution is -2.37. The van der Waals surface area contributed by atoms with Gasteiger partial charge < -0.3 is 10.6 Å². The molecule has 140 valence electrons. The maximum absolute atomic E-state index is 13.0. The van der Waals surface area contributed by atoms with Crippen LogP contribution < -0.4 is 10.6 Å². The minimum absolute atomic E-state index is 0.0687. The average Bonchev–Trinajstić information content (AvgIpc) is 2.95. The first-order chi connectivity index (χ1) is 11.9. The molecule has 25 heavy (non-hydrogen) atoms. The fourth-order valence-corrected chi connectivity index (χ4v) is 2.87. The Morgan fingerprint density at radius 1 is 1.32 bits per heavy atom. The SMILES string of the molecule is CCNC(=NCc1cn(C)nc1C(F)(F)F)NCCC1=CCCCC1. The van der Waals surface area contributed by atoms with Crippen molar-refractivity contribution in [2.45, 2.75) is 51.7 Å². The normalized spacial score (nSPS) is 15.9. The van der Waals surface area contributed by atoms with E-state index in [-0.39, 0.29) is 12.1 Å². The van der Waals surface area contributed by atoms with Crippen LogP contribution >= 0.6 is 0 Å². The molecule has 0 saturated heterocycles. The number of nitrogens with zero attached hydrogens (tertiary/aromatic N) is 3. The number of aromatic nitrogens is 2. The molecule has 0 spiro atoms. The molecule has 1 heterocycles. The van der Waals surface area contributed by atoms with E-state index in [9.17, 15) is 13.2 Å². The highest BCUT2D eigenvalue weighted by Gasteiger charge is 2.36. The van der Waals surface area contributed by atoms with Crippen molar-refractivity contribution < 1.29 is 13.2 Å². The van der Waals surface area contributed by atoms with E-state index in [0.717, 1.165) is 25.8 Å². The van der Waals surface area contributed by atoms with Gasteiger partial charge in [0.25, 0.3) is 0 Å². The van der Waals surface area contributed by atoms with E-state index in [2.05, 4.69) is 26.8 Å². The number of hydrogen-bond donors (Lipinski definition) is 2. The van der Waals surface area contributed by atoms with Crippen molar-refractivity contribution in [3.8, 4) is 0 Å². The van der Waals surface area contributed by atoms with Crippen LogP contribution in [0.3, 0.4) is 0 Å². The standard InChI is InChI=1S/C17H26F3N5/c1-3-21-16(22-10-9-13-7-5-4-6-8-13)23-11-14-12-25(2)24-15(14)17(18,19)20/h7,12H,3-6,8-11H2,1-2H3,(H2,21,22,23). The minimum atomic E-state index is -4.47. The van der Waals surface area contributed by atoms with Crippen LogP contribution in [0.25, 0.3) is 0 Å². The molecule has 0 radical (unpaired) electrons. The molecule has 0 fully saturated rings. The minimum Gasteiger partial charge on any atom is -0.357 e. The van der Waals surface area contributed by atoms with Gasteiger partial charge in [0.05, 0.1) is 6.54 Å². The number of allylic oxidation sites excluding steroid dienone is 1. The molecule has 1 aliphatic rings. The Kier molecular flexibility index (Phi) is 6.90. The molecule has 5 nitrogen and oxygen atoms in total. The number of guanidine groups is 1. The molecule has 1 aromatic rings. The van der Waals surface area contributed by atoms with Gasteiger partial charge in [-0.25, -0.2) is 4.99 Å². The van der Waals surface area contributed by atoms with Crippen LogP contribution in [0.1, 0.15) is 50.3 Å². The highest BCUT2D eigenvalue weighted by molar-refractivity contribution is 5.79. The molecule has 2 N–H and O–H groups in total. The van der Waals surface area contributed by atoms with Crippen molar-refractivity contribution in [2.75, 3.05) is 13.1 Å². The van der Waals surface area contributed by atoms with E-state index in [1.165, 1.54) is 36.3 Å². The monoisotopic (exact) mass is 357 g/mol. The van der Waals surface area contributed by atoms with Crippen LogP contribution in [-0.2, 0) is 19.8 Å². The van der Waals surface area contributed by atoms with Gasteiger partial charge in [-0.15, -0.1) is 0 Å². The lowest BCUT2D eigenvalue weighted by molar-refractivity contribution is -0.142. The van der Waals surface area contributed by atoms with Crippen LogP contribution in [0.2, 0.25) is 0 Å². The van der Waals surface area contributed by atoms with Crippen LogP contribution in [-0.4, -0.2) is 28.8 Å².